The molecule has 5 heteroatoms. The van der Waals surface area contributed by atoms with Gasteiger partial charge in [-0.25, -0.2) is 0 Å². The van der Waals surface area contributed by atoms with Gasteiger partial charge in [0.25, 0.3) is 5.91 Å². The lowest BCUT2D eigenvalue weighted by molar-refractivity contribution is 0.0679. The van der Waals surface area contributed by atoms with E-state index in [0.717, 1.165) is 13.0 Å². The summed E-state index contributed by atoms with van der Waals surface area (Å²) in [6, 6.07) is 7.24. The van der Waals surface area contributed by atoms with Crippen molar-refractivity contribution in [2.24, 2.45) is 0 Å². The fourth-order valence-corrected chi connectivity index (χ4v) is 3.88. The van der Waals surface area contributed by atoms with Gasteiger partial charge in [-0.05, 0) is 48.6 Å². The Morgan fingerprint density at radius 2 is 2.25 bits per heavy atom. The third kappa shape index (κ3) is 2.19. The smallest absolute Gasteiger partial charge is 0.255 e. The summed E-state index contributed by atoms with van der Waals surface area (Å²) in [6.45, 7) is 2.79. The summed E-state index contributed by atoms with van der Waals surface area (Å²) in [6.07, 6.45) is 0.912. The van der Waals surface area contributed by atoms with Gasteiger partial charge in [-0.2, -0.15) is 0 Å². The summed E-state index contributed by atoms with van der Waals surface area (Å²) in [5.74, 6) is -0.0284. The zero-order valence-corrected chi connectivity index (χ0v) is 12.7. The highest BCUT2D eigenvalue weighted by atomic mass is 35.5. The Labute approximate surface area is 127 Å². The van der Waals surface area contributed by atoms with Crippen LogP contribution in [-0.2, 0) is 6.42 Å². The zero-order chi connectivity index (χ0) is 14.3. The van der Waals surface area contributed by atoms with Gasteiger partial charge in [0.05, 0.1) is 16.6 Å². The van der Waals surface area contributed by atoms with Crippen molar-refractivity contribution in [2.45, 2.75) is 19.4 Å². The standard InChI is InChI=1S/C15H15ClN2OS/c1-9-11-5-7-20-14(11)4-6-18(9)15(19)12-3-2-10(17)8-13(12)16/h2-3,5,7-9H,4,6,17H2,1H3. The topological polar surface area (TPSA) is 46.3 Å². The minimum absolute atomic E-state index is 0.0284. The molecule has 104 valence electrons. The Morgan fingerprint density at radius 1 is 1.45 bits per heavy atom. The number of hydrogen-bond donors (Lipinski definition) is 1. The van der Waals surface area contributed by atoms with E-state index >= 15 is 0 Å². The fourth-order valence-electron chi connectivity index (χ4n) is 2.65. The van der Waals surface area contributed by atoms with Gasteiger partial charge in [-0.3, -0.25) is 4.79 Å². The molecule has 0 saturated heterocycles. The minimum atomic E-state index is -0.0284. The van der Waals surface area contributed by atoms with E-state index in [1.165, 1.54) is 10.4 Å². The number of amides is 1. The van der Waals surface area contributed by atoms with E-state index in [1.807, 2.05) is 4.90 Å². The van der Waals surface area contributed by atoms with Crippen molar-refractivity contribution in [2.75, 3.05) is 12.3 Å². The summed E-state index contributed by atoms with van der Waals surface area (Å²) >= 11 is 7.91. The number of fused-ring (bicyclic) bond motifs is 1. The highest BCUT2D eigenvalue weighted by Crippen LogP contribution is 2.34. The first-order chi connectivity index (χ1) is 9.58. The first-order valence-electron chi connectivity index (χ1n) is 6.50. The van der Waals surface area contributed by atoms with Gasteiger partial charge >= 0.3 is 0 Å². The molecule has 0 aliphatic carbocycles. The van der Waals surface area contributed by atoms with Crippen LogP contribution in [-0.4, -0.2) is 17.4 Å². The van der Waals surface area contributed by atoms with Crippen molar-refractivity contribution in [1.29, 1.82) is 0 Å². The number of hydrogen-bond acceptors (Lipinski definition) is 3. The molecular formula is C15H15ClN2OS. The summed E-state index contributed by atoms with van der Waals surface area (Å²) < 4.78 is 0. The third-order valence-electron chi connectivity index (χ3n) is 3.76. The molecule has 3 nitrogen and oxygen atoms in total. The van der Waals surface area contributed by atoms with Crippen molar-refractivity contribution < 1.29 is 4.79 Å². The molecule has 1 aliphatic heterocycles. The molecule has 1 amide bonds. The number of thiophene rings is 1. The van der Waals surface area contributed by atoms with Crippen LogP contribution in [0.3, 0.4) is 0 Å². The van der Waals surface area contributed by atoms with Crippen LogP contribution < -0.4 is 5.73 Å². The Kier molecular flexibility index (Phi) is 3.44. The van der Waals surface area contributed by atoms with E-state index in [4.69, 9.17) is 17.3 Å². The maximum absolute atomic E-state index is 12.7. The van der Waals surface area contributed by atoms with Gasteiger partial charge in [-0.15, -0.1) is 11.3 Å². The van der Waals surface area contributed by atoms with Crippen LogP contribution in [0.2, 0.25) is 5.02 Å². The molecule has 2 aromatic rings. The van der Waals surface area contributed by atoms with Gasteiger partial charge < -0.3 is 10.6 Å². The minimum Gasteiger partial charge on any atom is -0.399 e. The van der Waals surface area contributed by atoms with E-state index in [0.29, 0.717) is 16.3 Å². The normalized spacial score (nSPS) is 17.9. The molecular weight excluding hydrogens is 292 g/mol. The lowest BCUT2D eigenvalue weighted by atomic mass is 10.0. The molecule has 1 atom stereocenters. The number of halogens is 1. The number of carbonyl (C=O) groups excluding carboxylic acids is 1. The van der Waals surface area contributed by atoms with Gasteiger partial charge in [0.1, 0.15) is 0 Å². The van der Waals surface area contributed by atoms with E-state index in [1.54, 1.807) is 29.5 Å². The molecule has 1 aromatic heterocycles. The first-order valence-corrected chi connectivity index (χ1v) is 7.76. The van der Waals surface area contributed by atoms with Crippen LogP contribution in [0.15, 0.2) is 29.6 Å². The van der Waals surface area contributed by atoms with Crippen LogP contribution >= 0.6 is 22.9 Å². The van der Waals surface area contributed by atoms with Crippen LogP contribution in [0.25, 0.3) is 0 Å². The number of rotatable bonds is 1. The fraction of sp³-hybridized carbons (Fsp3) is 0.267. The Balaban J connectivity index is 1.92. The zero-order valence-electron chi connectivity index (χ0n) is 11.1. The van der Waals surface area contributed by atoms with E-state index in [-0.39, 0.29) is 11.9 Å². The molecule has 0 bridgehead atoms. The second-order valence-electron chi connectivity index (χ2n) is 4.96. The molecule has 20 heavy (non-hydrogen) atoms. The number of anilines is 1. The quantitative estimate of drug-likeness (QED) is 0.816. The molecule has 1 unspecified atom stereocenters. The van der Waals surface area contributed by atoms with Crippen molar-refractivity contribution in [1.82, 2.24) is 4.90 Å². The van der Waals surface area contributed by atoms with Crippen molar-refractivity contribution in [3.63, 3.8) is 0 Å². The van der Waals surface area contributed by atoms with Crippen LogP contribution in [0.1, 0.15) is 33.8 Å². The van der Waals surface area contributed by atoms with Crippen LogP contribution in [0.4, 0.5) is 5.69 Å². The van der Waals surface area contributed by atoms with Gasteiger partial charge in [0.15, 0.2) is 0 Å². The highest BCUT2D eigenvalue weighted by Gasteiger charge is 2.29. The number of benzene rings is 1. The lowest BCUT2D eigenvalue weighted by Gasteiger charge is -2.34. The molecule has 0 radical (unpaired) electrons. The second-order valence-corrected chi connectivity index (χ2v) is 6.37. The van der Waals surface area contributed by atoms with Gasteiger partial charge in [-0.1, -0.05) is 11.6 Å². The number of nitrogens with two attached hydrogens (primary N) is 1. The van der Waals surface area contributed by atoms with E-state index < -0.39 is 0 Å². The molecule has 3 rings (SSSR count). The average molecular weight is 307 g/mol. The Bertz CT molecular complexity index is 668. The summed E-state index contributed by atoms with van der Waals surface area (Å²) in [4.78, 5) is 15.9. The van der Waals surface area contributed by atoms with E-state index in [9.17, 15) is 4.79 Å². The van der Waals surface area contributed by atoms with Crippen molar-refractivity contribution >= 4 is 34.5 Å². The SMILES string of the molecule is CC1c2ccsc2CCN1C(=O)c1ccc(N)cc1Cl. The summed E-state index contributed by atoms with van der Waals surface area (Å²) in [5, 5.41) is 2.50. The second kappa shape index (κ2) is 5.11. The van der Waals surface area contributed by atoms with Gasteiger partial charge in [0, 0.05) is 17.1 Å². The largest absolute Gasteiger partial charge is 0.399 e. The van der Waals surface area contributed by atoms with E-state index in [2.05, 4.69) is 18.4 Å². The van der Waals surface area contributed by atoms with Crippen molar-refractivity contribution in [3.8, 4) is 0 Å². The van der Waals surface area contributed by atoms with Crippen LogP contribution in [0.5, 0.6) is 0 Å². The number of carbonyl (C=O) groups is 1. The van der Waals surface area contributed by atoms with Crippen LogP contribution in [0, 0.1) is 0 Å². The van der Waals surface area contributed by atoms with Crippen molar-refractivity contribution in [3.05, 3.63) is 50.7 Å². The maximum Gasteiger partial charge on any atom is 0.255 e. The molecule has 1 aliphatic rings. The average Bonchev–Trinajstić information content (AvgIpc) is 2.87. The Morgan fingerprint density at radius 3 is 3.00 bits per heavy atom. The molecule has 1 aromatic carbocycles. The third-order valence-corrected chi connectivity index (χ3v) is 5.07. The molecule has 0 spiro atoms. The first kappa shape index (κ1) is 13.5. The van der Waals surface area contributed by atoms with Gasteiger partial charge in [0.2, 0.25) is 0 Å². The Hall–Kier alpha value is -1.52. The highest BCUT2D eigenvalue weighted by molar-refractivity contribution is 7.10. The summed E-state index contributed by atoms with van der Waals surface area (Å²) in [7, 11) is 0. The maximum atomic E-state index is 12.7. The molecule has 0 saturated carbocycles. The predicted octanol–water partition coefficient (Wildman–Crippen LogP) is 3.74. The molecule has 2 N–H and O–H groups in total. The monoisotopic (exact) mass is 306 g/mol. The predicted molar refractivity (Wildman–Crippen MR) is 83.3 cm³/mol. The summed E-state index contributed by atoms with van der Waals surface area (Å²) in [5.41, 5.74) is 8.01. The lowest BCUT2D eigenvalue weighted by Crippen LogP contribution is -2.38. The number of nitrogens with zero attached hydrogens (tertiary/aromatic N) is 1. The number of nitrogen functional groups attached to an aromatic ring is 1. The molecule has 0 fully saturated rings. The molecule has 2 heterocycles.